The van der Waals surface area contributed by atoms with Crippen LogP contribution in [0.1, 0.15) is 65.7 Å². The van der Waals surface area contributed by atoms with Crippen molar-refractivity contribution in [1.29, 1.82) is 0 Å². The van der Waals surface area contributed by atoms with Crippen LogP contribution >= 0.6 is 0 Å². The topological polar surface area (TPSA) is 55.8 Å². The van der Waals surface area contributed by atoms with Gasteiger partial charge in [-0.25, -0.2) is 0 Å². The lowest BCUT2D eigenvalue weighted by Crippen LogP contribution is -2.56. The van der Waals surface area contributed by atoms with Crippen molar-refractivity contribution >= 4 is 5.78 Å². The van der Waals surface area contributed by atoms with Crippen molar-refractivity contribution in [3.05, 3.63) is 23.3 Å². The summed E-state index contributed by atoms with van der Waals surface area (Å²) in [6.07, 6.45) is 9.91. The minimum Gasteiger partial charge on any atom is -0.385 e. The van der Waals surface area contributed by atoms with E-state index in [2.05, 4.69) is 32.9 Å². The smallest absolute Gasteiger partial charge is 0.174 e. The van der Waals surface area contributed by atoms with Crippen LogP contribution in [-0.4, -0.2) is 35.5 Å². The predicted octanol–water partition coefficient (Wildman–Crippen LogP) is 3.93. The van der Waals surface area contributed by atoms with Crippen LogP contribution in [0.5, 0.6) is 0 Å². The highest BCUT2D eigenvalue weighted by molar-refractivity contribution is 5.87. The third-order valence-electron chi connectivity index (χ3n) is 8.08. The van der Waals surface area contributed by atoms with E-state index in [4.69, 9.17) is 9.47 Å². The van der Waals surface area contributed by atoms with E-state index in [0.29, 0.717) is 43.7 Å². The molecule has 0 unspecified atom stereocenters. The van der Waals surface area contributed by atoms with E-state index in [-0.39, 0.29) is 10.8 Å². The van der Waals surface area contributed by atoms with E-state index >= 15 is 0 Å². The zero-order chi connectivity index (χ0) is 19.1. The van der Waals surface area contributed by atoms with Crippen molar-refractivity contribution < 1.29 is 19.4 Å². The maximum atomic E-state index is 12.5. The molecule has 4 atom stereocenters. The summed E-state index contributed by atoms with van der Waals surface area (Å²) >= 11 is 0. The van der Waals surface area contributed by atoms with Gasteiger partial charge in [0.1, 0.15) is 5.78 Å². The molecule has 4 aliphatic carbocycles. The second-order valence-corrected chi connectivity index (χ2v) is 10.7. The van der Waals surface area contributed by atoms with Crippen molar-refractivity contribution in [2.45, 2.75) is 77.1 Å². The Hall–Kier alpha value is -0.970. The van der Waals surface area contributed by atoms with E-state index in [1.54, 1.807) is 0 Å². The molecule has 0 aromatic rings. The van der Waals surface area contributed by atoms with Crippen molar-refractivity contribution in [3.8, 4) is 0 Å². The van der Waals surface area contributed by atoms with E-state index in [1.807, 2.05) is 0 Å². The molecule has 2 saturated carbocycles. The van der Waals surface area contributed by atoms with Crippen LogP contribution in [0, 0.1) is 22.7 Å². The molecule has 5 rings (SSSR count). The molecule has 1 aliphatic heterocycles. The van der Waals surface area contributed by atoms with Crippen molar-refractivity contribution in [2.75, 3.05) is 13.2 Å². The summed E-state index contributed by atoms with van der Waals surface area (Å²) in [5.41, 5.74) is 1.40. The number of carbonyl (C=O) groups is 1. The Bertz CT molecular complexity index is 737. The van der Waals surface area contributed by atoms with Gasteiger partial charge in [0, 0.05) is 30.1 Å². The summed E-state index contributed by atoms with van der Waals surface area (Å²) in [5, 5.41) is 11.6. The van der Waals surface area contributed by atoms with Gasteiger partial charge in [0.05, 0.1) is 18.8 Å². The van der Waals surface area contributed by atoms with Gasteiger partial charge in [-0.05, 0) is 48.7 Å². The van der Waals surface area contributed by atoms with E-state index in [1.165, 1.54) is 5.57 Å². The first kappa shape index (κ1) is 18.1. The summed E-state index contributed by atoms with van der Waals surface area (Å²) in [4.78, 5) is 12.5. The van der Waals surface area contributed by atoms with E-state index in [0.717, 1.165) is 37.7 Å². The highest BCUT2D eigenvalue weighted by Crippen LogP contribution is 2.60. The molecule has 1 saturated heterocycles. The largest absolute Gasteiger partial charge is 0.385 e. The van der Waals surface area contributed by atoms with Gasteiger partial charge in [0.25, 0.3) is 0 Å². The van der Waals surface area contributed by atoms with Gasteiger partial charge in [-0.2, -0.15) is 0 Å². The van der Waals surface area contributed by atoms with Gasteiger partial charge in [0.2, 0.25) is 0 Å². The molecule has 1 heterocycles. The van der Waals surface area contributed by atoms with Crippen LogP contribution in [0.3, 0.4) is 0 Å². The third kappa shape index (κ3) is 2.56. The van der Waals surface area contributed by atoms with Crippen molar-refractivity contribution in [3.63, 3.8) is 0 Å². The van der Waals surface area contributed by atoms with Gasteiger partial charge in [-0.3, -0.25) is 4.79 Å². The number of fused-ring (bicyclic) bond motifs is 5. The first-order chi connectivity index (χ1) is 12.7. The number of allylic oxidation sites excluding steroid dienone is 1. The molecule has 148 valence electrons. The van der Waals surface area contributed by atoms with Crippen LogP contribution in [0.4, 0.5) is 0 Å². The first-order valence-electron chi connectivity index (χ1n) is 10.6. The van der Waals surface area contributed by atoms with Crippen LogP contribution in [0.15, 0.2) is 23.3 Å². The van der Waals surface area contributed by atoms with Gasteiger partial charge in [0.15, 0.2) is 5.79 Å². The van der Waals surface area contributed by atoms with Crippen LogP contribution < -0.4 is 0 Å². The Balaban J connectivity index is 1.46. The molecule has 0 amide bonds. The number of rotatable bonds is 0. The third-order valence-corrected chi connectivity index (χ3v) is 8.08. The number of carbonyl (C=O) groups excluding carboxylic acids is 1. The van der Waals surface area contributed by atoms with Gasteiger partial charge < -0.3 is 14.6 Å². The average molecular weight is 373 g/mol. The van der Waals surface area contributed by atoms with Gasteiger partial charge in [-0.1, -0.05) is 32.9 Å². The molecule has 0 radical (unpaired) electrons. The molecule has 3 fully saturated rings. The summed E-state index contributed by atoms with van der Waals surface area (Å²) in [5.74, 6) is 0.622. The fraction of sp³-hybridized carbons (Fsp3) is 0.783. The van der Waals surface area contributed by atoms with Crippen LogP contribution in [0.2, 0.25) is 0 Å². The summed E-state index contributed by atoms with van der Waals surface area (Å²) in [6.45, 7) is 7.80. The molecular formula is C23H32O4. The molecule has 4 heteroatoms. The molecule has 4 nitrogen and oxygen atoms in total. The minimum absolute atomic E-state index is 0.0287. The molecule has 0 bridgehead atoms. The van der Waals surface area contributed by atoms with Crippen molar-refractivity contribution in [1.82, 2.24) is 0 Å². The van der Waals surface area contributed by atoms with E-state index < -0.39 is 11.4 Å². The molecule has 0 aromatic heterocycles. The molecule has 1 N–H and O–H groups in total. The Kier molecular flexibility index (Phi) is 3.72. The fourth-order valence-corrected chi connectivity index (χ4v) is 6.39. The molecular weight excluding hydrogens is 340 g/mol. The Labute approximate surface area is 162 Å². The average Bonchev–Trinajstić information content (AvgIpc) is 2.92. The maximum Gasteiger partial charge on any atom is 0.174 e. The van der Waals surface area contributed by atoms with Crippen LogP contribution in [-0.2, 0) is 14.3 Å². The zero-order valence-corrected chi connectivity index (χ0v) is 16.8. The summed E-state index contributed by atoms with van der Waals surface area (Å²) < 4.78 is 12.4. The second kappa shape index (κ2) is 5.55. The maximum absolute atomic E-state index is 12.5. The van der Waals surface area contributed by atoms with Gasteiger partial charge in [-0.15, -0.1) is 0 Å². The number of hydrogen-bond donors (Lipinski definition) is 1. The normalized spacial score (nSPS) is 44.8. The number of aliphatic hydroxyl groups is 1. The summed E-state index contributed by atoms with van der Waals surface area (Å²) in [6, 6.07) is 0. The van der Waals surface area contributed by atoms with Crippen molar-refractivity contribution in [2.24, 2.45) is 22.7 Å². The predicted molar refractivity (Wildman–Crippen MR) is 102 cm³/mol. The Morgan fingerprint density at radius 1 is 1.07 bits per heavy atom. The fourth-order valence-electron chi connectivity index (χ4n) is 6.39. The lowest BCUT2D eigenvalue weighted by Gasteiger charge is -2.54. The molecule has 0 aromatic carbocycles. The zero-order valence-electron chi connectivity index (χ0n) is 16.8. The van der Waals surface area contributed by atoms with Gasteiger partial charge >= 0.3 is 0 Å². The SMILES string of the molecule is CC1(C)COC2(CC=C3C4=CC[C@]5(C)C(=O)CC[C@H]5[C@@H]4CC[C@@]3(O)C2)OC1. The highest BCUT2D eigenvalue weighted by Gasteiger charge is 2.58. The Morgan fingerprint density at radius 3 is 2.56 bits per heavy atom. The first-order valence-corrected chi connectivity index (χ1v) is 10.6. The standard InChI is InChI=1S/C23H32O4/c1-20(2)13-26-23(27-14-20)11-8-18-16-6-9-21(3)17(4-5-19(21)24)15(16)7-10-22(18,25)12-23/h6,8,15,17,25H,4-5,7,9-14H2,1-3H3/t15-,17+,21+,22-/m1/s1. The summed E-state index contributed by atoms with van der Waals surface area (Å²) in [7, 11) is 0. The lowest BCUT2D eigenvalue weighted by molar-refractivity contribution is -0.315. The molecule has 1 spiro atoms. The quantitative estimate of drug-likeness (QED) is 0.700. The number of hydrogen-bond acceptors (Lipinski definition) is 4. The minimum atomic E-state index is -0.863. The number of ether oxygens (including phenoxy) is 2. The molecule has 27 heavy (non-hydrogen) atoms. The lowest BCUT2D eigenvalue weighted by atomic mass is 9.56. The number of ketones is 1. The molecule has 5 aliphatic rings. The number of Topliss-reactive ketones (excluding diaryl/α,β-unsaturated/α-hetero) is 1. The highest BCUT2D eigenvalue weighted by atomic mass is 16.7. The van der Waals surface area contributed by atoms with Crippen LogP contribution in [0.25, 0.3) is 0 Å². The monoisotopic (exact) mass is 372 g/mol. The Morgan fingerprint density at radius 2 is 1.81 bits per heavy atom. The van der Waals surface area contributed by atoms with E-state index in [9.17, 15) is 9.90 Å². The second-order valence-electron chi connectivity index (χ2n) is 10.7.